The zero-order valence-corrected chi connectivity index (χ0v) is 27.1. The largest absolute Gasteiger partial charge is 0.465 e. The number of unbranched alkanes of at least 4 members (excludes halogenated alkanes) is 6. The van der Waals surface area contributed by atoms with Crippen molar-refractivity contribution in [1.82, 2.24) is 4.90 Å². The lowest BCUT2D eigenvalue weighted by molar-refractivity contribution is -0.256. The molecule has 0 spiro atoms. The summed E-state index contributed by atoms with van der Waals surface area (Å²) in [5.74, 6) is -0.533. The van der Waals surface area contributed by atoms with Crippen LogP contribution in [0.4, 0.5) is 0 Å². The monoisotopic (exact) mass is 644 g/mol. The van der Waals surface area contributed by atoms with Gasteiger partial charge in [0.2, 0.25) is 12.2 Å². The number of aliphatic hydroxyl groups excluding tert-OH is 3. The second-order valence-corrected chi connectivity index (χ2v) is 12.1. The summed E-state index contributed by atoms with van der Waals surface area (Å²) in [6.07, 6.45) is 3.10. The maximum absolute atomic E-state index is 13.0. The van der Waals surface area contributed by atoms with Gasteiger partial charge >= 0.3 is 0 Å². The molecule has 2 aromatic carbocycles. The van der Waals surface area contributed by atoms with Crippen molar-refractivity contribution in [1.29, 1.82) is 0 Å². The molecular formula is C37H53NO8. The van der Waals surface area contributed by atoms with E-state index >= 15 is 0 Å². The summed E-state index contributed by atoms with van der Waals surface area (Å²) in [6, 6.07) is 4.42. The molecule has 254 valence electrons. The van der Waals surface area contributed by atoms with Gasteiger partial charge in [-0.25, -0.2) is 0 Å². The fourth-order valence-electron chi connectivity index (χ4n) is 5.43. The van der Waals surface area contributed by atoms with Crippen molar-refractivity contribution >= 4 is 17.5 Å². The van der Waals surface area contributed by atoms with Gasteiger partial charge in [0.1, 0.15) is 23.7 Å². The zero-order valence-electron chi connectivity index (χ0n) is 32.1. The maximum atomic E-state index is 13.0. The molecule has 9 heteroatoms. The van der Waals surface area contributed by atoms with Gasteiger partial charge in [0.25, 0.3) is 0 Å². The molecule has 46 heavy (non-hydrogen) atoms. The number of ether oxygens (including phenoxy) is 2. The quantitative estimate of drug-likeness (QED) is 0.124. The Bertz CT molecular complexity index is 1430. The third kappa shape index (κ3) is 12.2. The number of Topliss-reactive ketones (excluding diaryl/α,β-unsaturated/α-hetero) is 2. The van der Waals surface area contributed by atoms with Crippen LogP contribution in [0.1, 0.15) is 107 Å². The first-order valence-corrected chi connectivity index (χ1v) is 16.6. The molecule has 2 aromatic rings. The van der Waals surface area contributed by atoms with Crippen LogP contribution in [0, 0.1) is 5.92 Å². The van der Waals surface area contributed by atoms with Crippen LogP contribution in [-0.4, -0.2) is 82.0 Å². The zero-order chi connectivity index (χ0) is 37.7. The Kier molecular flexibility index (Phi) is 13.3. The Hall–Kier alpha value is -3.11. The van der Waals surface area contributed by atoms with E-state index in [9.17, 15) is 29.7 Å². The number of ketones is 2. The fourth-order valence-corrected chi connectivity index (χ4v) is 5.43. The predicted molar refractivity (Wildman–Crippen MR) is 177 cm³/mol. The number of rotatable bonds is 21. The highest BCUT2D eigenvalue weighted by Crippen LogP contribution is 2.28. The molecular weight excluding hydrogens is 586 g/mol. The second kappa shape index (κ2) is 20.2. The fraction of sp³-hybridized carbons (Fsp3) is 0.595. The minimum Gasteiger partial charge on any atom is -0.465 e. The summed E-state index contributed by atoms with van der Waals surface area (Å²) < 4.78 is 50.7. The van der Waals surface area contributed by atoms with Crippen molar-refractivity contribution < 1.29 is 46.0 Å². The van der Waals surface area contributed by atoms with Gasteiger partial charge in [-0.2, -0.15) is 0 Å². The molecule has 5 unspecified atom stereocenters. The highest BCUT2D eigenvalue weighted by atomic mass is 16.7. The third-order valence-corrected chi connectivity index (χ3v) is 8.38. The Morgan fingerprint density at radius 1 is 0.870 bits per heavy atom. The van der Waals surface area contributed by atoms with Crippen LogP contribution in [0.2, 0.25) is 0 Å². The van der Waals surface area contributed by atoms with Gasteiger partial charge in [-0.05, 0) is 37.0 Å². The molecule has 3 N–H and O–H groups in total. The molecule has 1 aliphatic heterocycles. The molecule has 9 nitrogen and oxygen atoms in total. The first kappa shape index (κ1) is 30.2. The SMILES string of the molecule is [2H]c1c([2H])c([2H])c(C(=O)CCCCCCCN(CCC(=O)Cc2ccc(OC3OC(CO)C(O)C(O)C3C)cc2)C(=O)CCCCC)c([2H])c1[2H]. The molecule has 1 amide bonds. The minimum absolute atomic E-state index is 0.00839. The lowest BCUT2D eigenvalue weighted by Crippen LogP contribution is -2.56. The van der Waals surface area contributed by atoms with Crippen molar-refractivity contribution in [3.8, 4) is 5.75 Å². The van der Waals surface area contributed by atoms with Crippen molar-refractivity contribution in [3.05, 3.63) is 65.6 Å². The first-order valence-electron chi connectivity index (χ1n) is 19.1. The van der Waals surface area contributed by atoms with E-state index in [2.05, 4.69) is 6.92 Å². The molecule has 1 saturated heterocycles. The van der Waals surface area contributed by atoms with Gasteiger partial charge in [0.05, 0.1) is 19.6 Å². The van der Waals surface area contributed by atoms with Crippen LogP contribution in [-0.2, 0) is 20.7 Å². The van der Waals surface area contributed by atoms with Gasteiger partial charge in [0.15, 0.2) is 5.78 Å². The number of hydrogen-bond donors (Lipinski definition) is 3. The van der Waals surface area contributed by atoms with Crippen LogP contribution in [0.25, 0.3) is 0 Å². The van der Waals surface area contributed by atoms with E-state index in [1.807, 2.05) is 0 Å². The van der Waals surface area contributed by atoms with Crippen molar-refractivity contribution in [2.75, 3.05) is 19.7 Å². The second-order valence-electron chi connectivity index (χ2n) is 12.1. The molecule has 0 radical (unpaired) electrons. The number of hydrogen-bond acceptors (Lipinski definition) is 8. The Labute approximate surface area is 280 Å². The molecule has 1 aliphatic rings. The number of amides is 1. The van der Waals surface area contributed by atoms with E-state index in [4.69, 9.17) is 16.3 Å². The van der Waals surface area contributed by atoms with E-state index in [1.54, 1.807) is 36.1 Å². The highest BCUT2D eigenvalue weighted by Gasteiger charge is 2.43. The number of benzene rings is 2. The Morgan fingerprint density at radius 3 is 2.24 bits per heavy atom. The average molecular weight is 645 g/mol. The number of aliphatic hydroxyl groups is 3. The summed E-state index contributed by atoms with van der Waals surface area (Å²) >= 11 is 0. The van der Waals surface area contributed by atoms with E-state index in [0.717, 1.165) is 50.5 Å². The topological polar surface area (TPSA) is 134 Å². The minimum atomic E-state index is -1.22. The standard InChI is InChI=1S/C37H53NO8/c1-3-4-9-17-34(42)38(23-13-7-5-6-12-16-32(41)29-14-10-8-11-15-29)24-22-30(40)25-28-18-20-31(21-19-28)45-37-27(2)35(43)36(44)33(26-39)46-37/h8,10-11,14-15,18-21,27,33,35-37,39,43-44H,3-7,9,12-13,16-17,22-26H2,1-2H3/i8D,10D,11D,14D,15D. The van der Waals surface area contributed by atoms with Crippen molar-refractivity contribution in [2.24, 2.45) is 5.92 Å². The molecule has 1 fully saturated rings. The molecule has 0 aliphatic carbocycles. The molecule has 0 saturated carbocycles. The van der Waals surface area contributed by atoms with Gasteiger partial charge < -0.3 is 29.7 Å². The molecule has 5 atom stereocenters. The molecule has 1 heterocycles. The summed E-state index contributed by atoms with van der Waals surface area (Å²) in [6.45, 7) is 4.14. The van der Waals surface area contributed by atoms with Gasteiger partial charge in [0, 0.05) is 50.3 Å². The Morgan fingerprint density at radius 2 is 1.54 bits per heavy atom. The number of carbonyl (C=O) groups excluding carboxylic acids is 3. The van der Waals surface area contributed by atoms with Crippen molar-refractivity contribution in [2.45, 2.75) is 115 Å². The smallest absolute Gasteiger partial charge is 0.222 e. The maximum Gasteiger partial charge on any atom is 0.222 e. The summed E-state index contributed by atoms with van der Waals surface area (Å²) in [4.78, 5) is 40.4. The Balaban J connectivity index is 1.44. The number of carbonyl (C=O) groups is 3. The third-order valence-electron chi connectivity index (χ3n) is 8.38. The van der Waals surface area contributed by atoms with Crippen LogP contribution in [0.3, 0.4) is 0 Å². The lowest BCUT2D eigenvalue weighted by atomic mass is 9.92. The van der Waals surface area contributed by atoms with Crippen LogP contribution >= 0.6 is 0 Å². The van der Waals surface area contributed by atoms with E-state index < -0.39 is 73.1 Å². The number of nitrogens with zero attached hydrogens (tertiary/aromatic N) is 1. The van der Waals surface area contributed by atoms with E-state index in [0.29, 0.717) is 31.7 Å². The predicted octanol–water partition coefficient (Wildman–Crippen LogP) is 5.27. The molecule has 0 aromatic heterocycles. The van der Waals surface area contributed by atoms with Gasteiger partial charge in [-0.15, -0.1) is 0 Å². The van der Waals surface area contributed by atoms with Gasteiger partial charge in [-0.1, -0.05) is 88.3 Å². The average Bonchev–Trinajstić information content (AvgIpc) is 3.11. The van der Waals surface area contributed by atoms with E-state index in [-0.39, 0.29) is 36.5 Å². The van der Waals surface area contributed by atoms with Crippen LogP contribution < -0.4 is 4.74 Å². The molecule has 0 bridgehead atoms. The van der Waals surface area contributed by atoms with Gasteiger partial charge in [-0.3, -0.25) is 14.4 Å². The van der Waals surface area contributed by atoms with E-state index in [1.165, 1.54) is 0 Å². The normalized spacial score (nSPS) is 22.6. The van der Waals surface area contributed by atoms with Crippen molar-refractivity contribution in [3.63, 3.8) is 0 Å². The highest BCUT2D eigenvalue weighted by molar-refractivity contribution is 5.95. The summed E-state index contributed by atoms with van der Waals surface area (Å²) in [5, 5.41) is 29.8. The van der Waals surface area contributed by atoms with Crippen LogP contribution in [0.5, 0.6) is 5.75 Å². The lowest BCUT2D eigenvalue weighted by Gasteiger charge is -2.40. The molecule has 3 rings (SSSR count). The summed E-state index contributed by atoms with van der Waals surface area (Å²) in [7, 11) is 0. The van der Waals surface area contributed by atoms with Crippen LogP contribution in [0.15, 0.2) is 54.5 Å². The first-order chi connectivity index (χ1) is 24.3. The summed E-state index contributed by atoms with van der Waals surface area (Å²) in [5.41, 5.74) is 0.513.